The van der Waals surface area contributed by atoms with Crippen molar-refractivity contribution < 1.29 is 9.53 Å². The van der Waals surface area contributed by atoms with Gasteiger partial charge < -0.3 is 15.4 Å². The summed E-state index contributed by atoms with van der Waals surface area (Å²) in [6, 6.07) is 3.92. The van der Waals surface area contributed by atoms with Crippen LogP contribution in [0.2, 0.25) is 0 Å². The number of ether oxygens (including phenoxy) is 1. The highest BCUT2D eigenvalue weighted by molar-refractivity contribution is 5.79. The number of aromatic nitrogens is 3. The fourth-order valence-corrected chi connectivity index (χ4v) is 4.16. The summed E-state index contributed by atoms with van der Waals surface area (Å²) in [6.45, 7) is 8.23. The number of hydrogen-bond donors (Lipinski definition) is 1. The van der Waals surface area contributed by atoms with Gasteiger partial charge in [0.1, 0.15) is 11.9 Å². The molecule has 0 aromatic carbocycles. The van der Waals surface area contributed by atoms with E-state index in [2.05, 4.69) is 19.9 Å². The number of rotatable bonds is 5. The summed E-state index contributed by atoms with van der Waals surface area (Å²) in [7, 11) is 0. The molecule has 0 spiro atoms. The first-order valence-corrected chi connectivity index (χ1v) is 11.3. The third kappa shape index (κ3) is 6.62. The van der Waals surface area contributed by atoms with Crippen LogP contribution >= 0.6 is 0 Å². The molecule has 0 bridgehead atoms. The summed E-state index contributed by atoms with van der Waals surface area (Å²) in [5.74, 6) is 1.54. The Kier molecular flexibility index (Phi) is 8.58. The first-order chi connectivity index (χ1) is 15.2. The van der Waals surface area contributed by atoms with Crippen LogP contribution in [-0.4, -0.2) is 62.9 Å². The third-order valence-corrected chi connectivity index (χ3v) is 5.77. The van der Waals surface area contributed by atoms with Crippen molar-refractivity contribution in [3.05, 3.63) is 42.5 Å². The number of nitrogens with two attached hydrogens (primary N) is 1. The third-order valence-electron chi connectivity index (χ3n) is 5.77. The van der Waals surface area contributed by atoms with Crippen LogP contribution in [0, 0.1) is 5.92 Å². The first-order valence-electron chi connectivity index (χ1n) is 11.3. The van der Waals surface area contributed by atoms with E-state index in [0.29, 0.717) is 17.6 Å². The van der Waals surface area contributed by atoms with E-state index in [1.54, 1.807) is 24.8 Å². The number of likely N-dealkylation sites (tertiary alicyclic amines) is 2. The van der Waals surface area contributed by atoms with E-state index >= 15 is 0 Å². The second-order valence-electron chi connectivity index (χ2n) is 7.83. The summed E-state index contributed by atoms with van der Waals surface area (Å²) in [5, 5.41) is 0. The maximum absolute atomic E-state index is 12.9. The van der Waals surface area contributed by atoms with Crippen LogP contribution in [0.4, 0.5) is 5.82 Å². The predicted octanol–water partition coefficient (Wildman–Crippen LogP) is 2.76. The molecule has 168 valence electrons. The van der Waals surface area contributed by atoms with Crippen LogP contribution in [-0.2, 0) is 11.3 Å². The number of pyridine rings is 1. The van der Waals surface area contributed by atoms with Crippen molar-refractivity contribution in [3.8, 4) is 5.88 Å². The van der Waals surface area contributed by atoms with Crippen LogP contribution in [0.5, 0.6) is 5.88 Å². The average Bonchev–Trinajstić information content (AvgIpc) is 2.82. The lowest BCUT2D eigenvalue weighted by molar-refractivity contribution is -0.139. The van der Waals surface area contributed by atoms with E-state index in [0.717, 1.165) is 58.4 Å². The van der Waals surface area contributed by atoms with Gasteiger partial charge in [-0.3, -0.25) is 14.7 Å². The number of anilines is 1. The largest absolute Gasteiger partial charge is 0.473 e. The second kappa shape index (κ2) is 11.6. The van der Waals surface area contributed by atoms with E-state index in [1.807, 2.05) is 30.9 Å². The quantitative estimate of drug-likeness (QED) is 0.785. The maximum atomic E-state index is 12.9. The van der Waals surface area contributed by atoms with Gasteiger partial charge in [0.25, 0.3) is 0 Å². The zero-order chi connectivity index (χ0) is 22.1. The van der Waals surface area contributed by atoms with E-state index < -0.39 is 0 Å². The Morgan fingerprint density at radius 1 is 1.06 bits per heavy atom. The number of nitrogen functional groups attached to an aromatic ring is 1. The molecule has 0 saturated carbocycles. The smallest absolute Gasteiger partial charge is 0.232 e. The van der Waals surface area contributed by atoms with Crippen LogP contribution < -0.4 is 10.5 Å². The summed E-state index contributed by atoms with van der Waals surface area (Å²) < 4.78 is 5.88. The molecule has 2 aromatic heterocycles. The van der Waals surface area contributed by atoms with Crippen molar-refractivity contribution in [3.63, 3.8) is 0 Å². The molecule has 8 nitrogen and oxygen atoms in total. The van der Waals surface area contributed by atoms with Crippen molar-refractivity contribution in [1.29, 1.82) is 0 Å². The zero-order valence-electron chi connectivity index (χ0n) is 18.6. The molecule has 2 fully saturated rings. The number of piperidine rings is 2. The molecule has 2 aliphatic heterocycles. The SMILES string of the molecule is CC.Nc1cc(CN2CCC(C(=O)N3CCC(Oc4cnccn4)CC3)CC2)ccn1. The Bertz CT molecular complexity index is 803. The van der Waals surface area contributed by atoms with Gasteiger partial charge >= 0.3 is 0 Å². The Morgan fingerprint density at radius 2 is 1.81 bits per heavy atom. The standard InChI is InChI=1S/C21H28N6O2.C2H6/c22-19-13-16(1-6-24-19)15-26-9-2-17(3-10-26)21(28)27-11-4-18(5-12-27)29-20-14-23-7-8-25-20;1-2/h1,6-8,13-14,17-18H,2-5,9-12,15H2,(H2,22,24);1-2H3. The van der Waals surface area contributed by atoms with Gasteiger partial charge in [-0.05, 0) is 43.6 Å². The lowest BCUT2D eigenvalue weighted by Gasteiger charge is -2.37. The molecule has 31 heavy (non-hydrogen) atoms. The lowest BCUT2D eigenvalue weighted by atomic mass is 9.94. The summed E-state index contributed by atoms with van der Waals surface area (Å²) in [5.41, 5.74) is 6.94. The van der Waals surface area contributed by atoms with Gasteiger partial charge in [0, 0.05) is 57.0 Å². The highest BCUT2D eigenvalue weighted by Gasteiger charge is 2.31. The molecule has 0 atom stereocenters. The normalized spacial score (nSPS) is 18.2. The highest BCUT2D eigenvalue weighted by Crippen LogP contribution is 2.24. The lowest BCUT2D eigenvalue weighted by Crippen LogP contribution is -2.47. The molecule has 1 amide bonds. The molecule has 4 heterocycles. The Balaban J connectivity index is 0.00000132. The van der Waals surface area contributed by atoms with E-state index in [-0.39, 0.29) is 12.0 Å². The first kappa shape index (κ1) is 22.9. The topological polar surface area (TPSA) is 97.5 Å². The van der Waals surface area contributed by atoms with Gasteiger partial charge in [-0.25, -0.2) is 9.97 Å². The predicted molar refractivity (Wildman–Crippen MR) is 120 cm³/mol. The Hall–Kier alpha value is -2.74. The minimum atomic E-state index is 0.102. The molecule has 4 rings (SSSR count). The van der Waals surface area contributed by atoms with Crippen molar-refractivity contribution in [2.75, 3.05) is 31.9 Å². The average molecular weight is 427 g/mol. The molecule has 0 radical (unpaired) electrons. The monoisotopic (exact) mass is 426 g/mol. The molecule has 0 unspecified atom stereocenters. The van der Waals surface area contributed by atoms with Gasteiger partial charge in [0.2, 0.25) is 11.8 Å². The van der Waals surface area contributed by atoms with Crippen LogP contribution in [0.3, 0.4) is 0 Å². The van der Waals surface area contributed by atoms with E-state index in [9.17, 15) is 4.79 Å². The number of hydrogen-bond acceptors (Lipinski definition) is 7. The molecule has 2 aromatic rings. The molecule has 2 N–H and O–H groups in total. The molecule has 0 aliphatic carbocycles. The van der Waals surface area contributed by atoms with Crippen LogP contribution in [0.15, 0.2) is 36.9 Å². The van der Waals surface area contributed by atoms with Gasteiger partial charge in [-0.15, -0.1) is 0 Å². The number of nitrogens with zero attached hydrogens (tertiary/aromatic N) is 5. The second-order valence-corrected chi connectivity index (χ2v) is 7.83. The molecule has 8 heteroatoms. The number of carbonyl (C=O) groups excluding carboxylic acids is 1. The van der Waals surface area contributed by atoms with Gasteiger partial charge in [0.15, 0.2) is 0 Å². The molecule has 2 saturated heterocycles. The minimum Gasteiger partial charge on any atom is -0.473 e. The van der Waals surface area contributed by atoms with E-state index in [4.69, 9.17) is 10.5 Å². The van der Waals surface area contributed by atoms with E-state index in [1.165, 1.54) is 5.56 Å². The van der Waals surface area contributed by atoms with Crippen molar-refractivity contribution >= 4 is 11.7 Å². The highest BCUT2D eigenvalue weighted by atomic mass is 16.5. The van der Waals surface area contributed by atoms with Gasteiger partial charge in [0.05, 0.1) is 6.20 Å². The van der Waals surface area contributed by atoms with Crippen molar-refractivity contribution in [2.45, 2.75) is 52.2 Å². The summed E-state index contributed by atoms with van der Waals surface area (Å²) in [6.07, 6.45) is 10.2. The molecule has 2 aliphatic rings. The zero-order valence-corrected chi connectivity index (χ0v) is 18.6. The number of amides is 1. The van der Waals surface area contributed by atoms with Gasteiger partial charge in [-0.2, -0.15) is 0 Å². The fraction of sp³-hybridized carbons (Fsp3) is 0.565. The van der Waals surface area contributed by atoms with Crippen molar-refractivity contribution in [1.82, 2.24) is 24.8 Å². The maximum Gasteiger partial charge on any atom is 0.232 e. The molecular formula is C23H34N6O2. The summed E-state index contributed by atoms with van der Waals surface area (Å²) >= 11 is 0. The summed E-state index contributed by atoms with van der Waals surface area (Å²) in [4.78, 5) is 29.6. The van der Waals surface area contributed by atoms with Crippen molar-refractivity contribution in [2.24, 2.45) is 5.92 Å². The van der Waals surface area contributed by atoms with Gasteiger partial charge in [-0.1, -0.05) is 13.8 Å². The minimum absolute atomic E-state index is 0.102. The van der Waals surface area contributed by atoms with Crippen LogP contribution in [0.25, 0.3) is 0 Å². The Morgan fingerprint density at radius 3 is 2.45 bits per heavy atom. The fourth-order valence-electron chi connectivity index (χ4n) is 4.16. The molecular weight excluding hydrogens is 392 g/mol. The Labute approximate surface area is 184 Å². The van der Waals surface area contributed by atoms with Crippen LogP contribution in [0.1, 0.15) is 45.1 Å². The number of carbonyl (C=O) groups is 1.